The number of amides is 1. The fraction of sp³-hybridized carbons (Fsp3) is 0.632. The molecule has 1 aromatic rings. The Morgan fingerprint density at radius 3 is 2.76 bits per heavy atom. The van der Waals surface area contributed by atoms with Gasteiger partial charge in [0.05, 0.1) is 7.11 Å². The molecule has 0 aliphatic carbocycles. The number of phenols is 1. The van der Waals surface area contributed by atoms with Gasteiger partial charge in [0, 0.05) is 24.7 Å². The Balaban J connectivity index is 1.96. The molecule has 0 bridgehead atoms. The van der Waals surface area contributed by atoms with Crippen LogP contribution in [0.15, 0.2) is 18.2 Å². The zero-order valence-electron chi connectivity index (χ0n) is 15.9. The number of hydrogen-bond donors (Lipinski definition) is 1. The molecule has 1 N–H and O–H groups in total. The predicted molar refractivity (Wildman–Crippen MR) is 99.4 cm³/mol. The van der Waals surface area contributed by atoms with Crippen LogP contribution in [0, 0.1) is 0 Å². The molecule has 1 heterocycles. The van der Waals surface area contributed by atoms with Gasteiger partial charge in [0.25, 0.3) is 5.91 Å². The number of methoxy groups -OCH3 is 1. The second kappa shape index (κ2) is 9.06. The minimum absolute atomic E-state index is 0.00434. The first-order chi connectivity index (χ1) is 11.9. The van der Waals surface area contributed by atoms with Crippen molar-refractivity contribution < 1.29 is 14.6 Å². The molecular weight excluding hydrogens is 318 g/mol. The van der Waals surface area contributed by atoms with Crippen molar-refractivity contribution in [3.63, 3.8) is 0 Å². The summed E-state index contributed by atoms with van der Waals surface area (Å²) in [4.78, 5) is 19.3. The van der Waals surface area contributed by atoms with Gasteiger partial charge in [-0.25, -0.2) is 0 Å². The first-order valence-electron chi connectivity index (χ1n) is 8.93. The summed E-state index contributed by atoms with van der Waals surface area (Å²) in [5.41, 5.74) is 0.561. The number of ether oxygens (including phenoxy) is 1. The van der Waals surface area contributed by atoms with Gasteiger partial charge in [-0.1, -0.05) is 0 Å². The van der Waals surface area contributed by atoms with E-state index < -0.39 is 0 Å². The van der Waals surface area contributed by atoms with Gasteiger partial charge in [0.1, 0.15) is 0 Å². The maximum Gasteiger partial charge on any atom is 0.254 e. The van der Waals surface area contributed by atoms with Crippen LogP contribution in [0.2, 0.25) is 0 Å². The molecule has 0 radical (unpaired) electrons. The predicted octanol–water partition coefficient (Wildman–Crippen LogP) is 1.89. The zero-order valence-corrected chi connectivity index (χ0v) is 15.9. The van der Waals surface area contributed by atoms with Crippen LogP contribution >= 0.6 is 0 Å². The third-order valence-electron chi connectivity index (χ3n) is 4.85. The summed E-state index contributed by atoms with van der Waals surface area (Å²) in [5, 5.41) is 9.70. The lowest BCUT2D eigenvalue weighted by Crippen LogP contribution is -2.49. The van der Waals surface area contributed by atoms with Crippen LogP contribution in [0.25, 0.3) is 0 Å². The molecule has 1 fully saturated rings. The number of carbonyl (C=O) groups excluding carboxylic acids is 1. The lowest BCUT2D eigenvalue weighted by atomic mass is 10.0. The molecule has 1 aromatic carbocycles. The van der Waals surface area contributed by atoms with Crippen LogP contribution in [0.4, 0.5) is 0 Å². The number of phenolic OH excluding ortho intramolecular Hbond substituents is 1. The molecule has 0 aromatic heterocycles. The van der Waals surface area contributed by atoms with Crippen LogP contribution in [0.1, 0.15) is 29.6 Å². The lowest BCUT2D eigenvalue weighted by molar-refractivity contribution is 0.0607. The largest absolute Gasteiger partial charge is 0.504 e. The molecular formula is C19H31N3O3. The van der Waals surface area contributed by atoms with Gasteiger partial charge in [-0.3, -0.25) is 4.79 Å². The zero-order chi connectivity index (χ0) is 18.4. The van der Waals surface area contributed by atoms with Crippen LogP contribution < -0.4 is 4.74 Å². The van der Waals surface area contributed by atoms with Crippen molar-refractivity contribution in [2.45, 2.75) is 25.3 Å². The molecule has 1 aliphatic rings. The average Bonchev–Trinajstić information content (AvgIpc) is 2.61. The Morgan fingerprint density at radius 1 is 1.32 bits per heavy atom. The minimum atomic E-state index is 0.00434. The third-order valence-corrected chi connectivity index (χ3v) is 4.85. The van der Waals surface area contributed by atoms with E-state index in [2.05, 4.69) is 30.9 Å². The second-order valence-electron chi connectivity index (χ2n) is 7.07. The highest BCUT2D eigenvalue weighted by Crippen LogP contribution is 2.27. The average molecular weight is 349 g/mol. The molecule has 2 rings (SSSR count). The highest BCUT2D eigenvalue weighted by Gasteiger charge is 2.27. The molecule has 0 spiro atoms. The van der Waals surface area contributed by atoms with Gasteiger partial charge in [-0.15, -0.1) is 0 Å². The van der Waals surface area contributed by atoms with Crippen LogP contribution in [0.5, 0.6) is 11.5 Å². The maximum atomic E-state index is 12.8. The second-order valence-corrected chi connectivity index (χ2v) is 7.07. The number of hydrogen-bond acceptors (Lipinski definition) is 5. The van der Waals surface area contributed by atoms with Crippen LogP contribution in [-0.2, 0) is 0 Å². The summed E-state index contributed by atoms with van der Waals surface area (Å²) >= 11 is 0. The van der Waals surface area contributed by atoms with E-state index in [0.29, 0.717) is 17.4 Å². The molecule has 6 nitrogen and oxygen atoms in total. The van der Waals surface area contributed by atoms with Crippen molar-refractivity contribution in [1.29, 1.82) is 0 Å². The Labute approximate surface area is 151 Å². The highest BCUT2D eigenvalue weighted by molar-refractivity contribution is 5.95. The molecule has 1 amide bonds. The molecule has 1 atom stereocenters. The number of rotatable bonds is 7. The number of aromatic hydroxyl groups is 1. The minimum Gasteiger partial charge on any atom is -0.504 e. The van der Waals surface area contributed by atoms with Crippen molar-refractivity contribution >= 4 is 5.91 Å². The summed E-state index contributed by atoms with van der Waals surface area (Å²) in [7, 11) is 7.82. The van der Waals surface area contributed by atoms with Crippen molar-refractivity contribution in [3.05, 3.63) is 23.8 Å². The Bertz CT molecular complexity index is 577. The van der Waals surface area contributed by atoms with Crippen molar-refractivity contribution in [2.75, 3.05) is 54.4 Å². The number of piperidine rings is 1. The maximum absolute atomic E-state index is 12.8. The smallest absolute Gasteiger partial charge is 0.254 e. The quantitative estimate of drug-likeness (QED) is 0.815. The van der Waals surface area contributed by atoms with E-state index in [4.69, 9.17) is 4.74 Å². The van der Waals surface area contributed by atoms with Gasteiger partial charge >= 0.3 is 0 Å². The van der Waals surface area contributed by atoms with Gasteiger partial charge < -0.3 is 24.5 Å². The summed E-state index contributed by atoms with van der Waals surface area (Å²) in [6, 6.07) is 5.19. The molecule has 1 aliphatic heterocycles. The third kappa shape index (κ3) is 5.34. The monoisotopic (exact) mass is 349 g/mol. The van der Waals surface area contributed by atoms with E-state index in [0.717, 1.165) is 45.4 Å². The van der Waals surface area contributed by atoms with E-state index in [-0.39, 0.29) is 11.7 Å². The van der Waals surface area contributed by atoms with Crippen molar-refractivity contribution in [2.24, 2.45) is 0 Å². The van der Waals surface area contributed by atoms with E-state index in [9.17, 15) is 9.90 Å². The van der Waals surface area contributed by atoms with E-state index >= 15 is 0 Å². The van der Waals surface area contributed by atoms with Crippen molar-refractivity contribution in [1.82, 2.24) is 14.7 Å². The first kappa shape index (κ1) is 19.5. The normalized spacial score (nSPS) is 18.0. The van der Waals surface area contributed by atoms with E-state index in [1.807, 2.05) is 4.90 Å². The van der Waals surface area contributed by atoms with Gasteiger partial charge in [-0.2, -0.15) is 0 Å². The van der Waals surface area contributed by atoms with Crippen molar-refractivity contribution in [3.8, 4) is 11.5 Å². The van der Waals surface area contributed by atoms with Gasteiger partial charge in [0.2, 0.25) is 0 Å². The Hall–Kier alpha value is -1.79. The van der Waals surface area contributed by atoms with E-state index in [1.54, 1.807) is 12.1 Å². The number of carbonyl (C=O) groups is 1. The molecule has 6 heteroatoms. The van der Waals surface area contributed by atoms with Crippen LogP contribution in [0.3, 0.4) is 0 Å². The molecule has 0 saturated carbocycles. The summed E-state index contributed by atoms with van der Waals surface area (Å²) < 4.78 is 5.11. The Morgan fingerprint density at radius 2 is 2.08 bits per heavy atom. The highest BCUT2D eigenvalue weighted by atomic mass is 16.5. The number of nitrogens with zero attached hydrogens (tertiary/aromatic N) is 3. The summed E-state index contributed by atoms with van der Waals surface area (Å²) in [6.45, 7) is 3.65. The molecule has 25 heavy (non-hydrogen) atoms. The van der Waals surface area contributed by atoms with Gasteiger partial charge in [-0.05, 0) is 71.7 Å². The topological polar surface area (TPSA) is 56.2 Å². The summed E-state index contributed by atoms with van der Waals surface area (Å²) in [5.74, 6) is 0.390. The summed E-state index contributed by atoms with van der Waals surface area (Å²) in [6.07, 6.45) is 3.27. The fourth-order valence-corrected chi connectivity index (χ4v) is 3.31. The lowest BCUT2D eigenvalue weighted by Gasteiger charge is -2.38. The first-order valence-corrected chi connectivity index (χ1v) is 8.93. The van der Waals surface area contributed by atoms with Crippen LogP contribution in [-0.4, -0.2) is 86.2 Å². The van der Waals surface area contributed by atoms with Gasteiger partial charge in [0.15, 0.2) is 11.5 Å². The Kier molecular flexibility index (Phi) is 7.08. The standard InChI is InChI=1S/C19H31N3O3/c1-20(2)10-6-11-21(3)16-7-5-12-22(14-16)19(24)15-8-9-17(23)18(13-15)25-4/h8-9,13,16,23H,5-7,10-12,14H2,1-4H3/t16-/m1/s1. The SMILES string of the molecule is COc1cc(C(=O)N2CCC[C@@H](N(C)CCCN(C)C)C2)ccc1O. The molecule has 0 unspecified atom stereocenters. The number of likely N-dealkylation sites (N-methyl/N-ethyl adjacent to an activating group) is 1. The van der Waals surface area contributed by atoms with E-state index in [1.165, 1.54) is 13.2 Å². The number of likely N-dealkylation sites (tertiary alicyclic amines) is 1. The molecule has 1 saturated heterocycles. The fourth-order valence-electron chi connectivity index (χ4n) is 3.31. The molecule has 140 valence electrons. The number of benzene rings is 1.